The number of hydrogen-bond acceptors (Lipinski definition) is 3. The van der Waals surface area contributed by atoms with Gasteiger partial charge in [-0.3, -0.25) is 0 Å². The maximum absolute atomic E-state index is 6.04. The Labute approximate surface area is 107 Å². The third kappa shape index (κ3) is 2.92. The molecule has 0 aromatic heterocycles. The van der Waals surface area contributed by atoms with Gasteiger partial charge in [0.15, 0.2) is 0 Å². The van der Waals surface area contributed by atoms with Crippen molar-refractivity contribution in [3.8, 4) is 5.75 Å². The smallest absolute Gasteiger partial charge is 0.122 e. The molecule has 0 radical (unpaired) electrons. The predicted octanol–water partition coefficient (Wildman–Crippen LogP) is 2.43. The topological polar surface area (TPSA) is 44.5 Å². The van der Waals surface area contributed by atoms with Crippen LogP contribution in [0, 0.1) is 5.92 Å². The molecule has 17 heavy (non-hydrogen) atoms. The van der Waals surface area contributed by atoms with E-state index in [-0.39, 0.29) is 5.92 Å². The Hall–Kier alpha value is -0.770. The van der Waals surface area contributed by atoms with Gasteiger partial charge in [0, 0.05) is 16.9 Å². The Kier molecular flexibility index (Phi) is 4.26. The largest absolute Gasteiger partial charge is 0.496 e. The minimum atomic E-state index is 0.289. The average molecular weight is 256 g/mol. The Morgan fingerprint density at radius 2 is 2.29 bits per heavy atom. The van der Waals surface area contributed by atoms with E-state index in [1.165, 1.54) is 0 Å². The summed E-state index contributed by atoms with van der Waals surface area (Å²) in [5.41, 5.74) is 6.97. The maximum atomic E-state index is 6.04. The molecule has 2 rings (SSSR count). The molecule has 0 spiro atoms. The van der Waals surface area contributed by atoms with Crippen LogP contribution in [0.4, 0.5) is 0 Å². The molecule has 0 amide bonds. The van der Waals surface area contributed by atoms with Gasteiger partial charge in [-0.2, -0.15) is 0 Å². The van der Waals surface area contributed by atoms with Crippen molar-refractivity contribution in [2.24, 2.45) is 11.7 Å². The van der Waals surface area contributed by atoms with E-state index >= 15 is 0 Å². The van der Waals surface area contributed by atoms with Crippen LogP contribution in [0.5, 0.6) is 5.75 Å². The van der Waals surface area contributed by atoms with Gasteiger partial charge < -0.3 is 15.2 Å². The maximum Gasteiger partial charge on any atom is 0.122 e. The van der Waals surface area contributed by atoms with E-state index < -0.39 is 0 Å². The summed E-state index contributed by atoms with van der Waals surface area (Å²) in [5.74, 6) is 1.77. The zero-order chi connectivity index (χ0) is 12.3. The molecular formula is C13H18ClNO2. The first-order valence-electron chi connectivity index (χ1n) is 5.85. The minimum Gasteiger partial charge on any atom is -0.496 e. The van der Waals surface area contributed by atoms with E-state index in [1.54, 1.807) is 7.11 Å². The number of ether oxygens (including phenoxy) is 2. The third-order valence-corrected chi connectivity index (χ3v) is 3.48. The fourth-order valence-corrected chi connectivity index (χ4v) is 2.38. The van der Waals surface area contributed by atoms with E-state index in [0.717, 1.165) is 36.0 Å². The molecule has 1 atom stereocenters. The van der Waals surface area contributed by atoms with Crippen LogP contribution in [0.3, 0.4) is 0 Å². The summed E-state index contributed by atoms with van der Waals surface area (Å²) in [6, 6.07) is 5.69. The Morgan fingerprint density at radius 1 is 1.53 bits per heavy atom. The van der Waals surface area contributed by atoms with Gasteiger partial charge in [-0.15, -0.1) is 0 Å². The van der Waals surface area contributed by atoms with Crippen molar-refractivity contribution in [2.75, 3.05) is 26.9 Å². The molecular weight excluding hydrogens is 238 g/mol. The number of methoxy groups -OCH3 is 1. The minimum absolute atomic E-state index is 0.289. The molecule has 1 aliphatic heterocycles. The SMILES string of the molecule is COc1ccc(Cl)cc1C(CN)CC1COC1. The normalized spacial score (nSPS) is 17.6. The van der Waals surface area contributed by atoms with E-state index in [2.05, 4.69) is 0 Å². The van der Waals surface area contributed by atoms with Crippen LogP contribution in [0.15, 0.2) is 18.2 Å². The number of benzene rings is 1. The summed E-state index contributed by atoms with van der Waals surface area (Å²) in [5, 5.41) is 0.726. The molecule has 0 saturated carbocycles. The van der Waals surface area contributed by atoms with Gasteiger partial charge in [-0.25, -0.2) is 0 Å². The summed E-state index contributed by atoms with van der Waals surface area (Å²) in [4.78, 5) is 0. The fraction of sp³-hybridized carbons (Fsp3) is 0.538. The lowest BCUT2D eigenvalue weighted by Crippen LogP contribution is -2.30. The second kappa shape index (κ2) is 5.71. The van der Waals surface area contributed by atoms with Crippen molar-refractivity contribution in [3.63, 3.8) is 0 Å². The first kappa shape index (κ1) is 12.7. The first-order valence-corrected chi connectivity index (χ1v) is 6.23. The van der Waals surface area contributed by atoms with Gasteiger partial charge in [-0.05, 0) is 36.7 Å². The van der Waals surface area contributed by atoms with Crippen molar-refractivity contribution >= 4 is 11.6 Å². The molecule has 0 bridgehead atoms. The standard InChI is InChI=1S/C13H18ClNO2/c1-16-13-3-2-11(14)5-12(13)10(6-15)4-9-7-17-8-9/h2-3,5,9-10H,4,6-8,15H2,1H3. The van der Waals surface area contributed by atoms with Gasteiger partial charge >= 0.3 is 0 Å². The molecule has 3 nitrogen and oxygen atoms in total. The highest BCUT2D eigenvalue weighted by Crippen LogP contribution is 2.34. The average Bonchev–Trinajstić information content (AvgIpc) is 2.28. The Balaban J connectivity index is 2.18. The lowest BCUT2D eigenvalue weighted by Gasteiger charge is -2.30. The molecule has 1 heterocycles. The van der Waals surface area contributed by atoms with Crippen LogP contribution >= 0.6 is 11.6 Å². The first-order chi connectivity index (χ1) is 8.24. The van der Waals surface area contributed by atoms with Crippen molar-refractivity contribution in [3.05, 3.63) is 28.8 Å². The quantitative estimate of drug-likeness (QED) is 0.879. The predicted molar refractivity (Wildman–Crippen MR) is 68.7 cm³/mol. The van der Waals surface area contributed by atoms with Crippen LogP contribution in [-0.4, -0.2) is 26.9 Å². The van der Waals surface area contributed by atoms with Gasteiger partial charge in [0.25, 0.3) is 0 Å². The van der Waals surface area contributed by atoms with Gasteiger partial charge in [0.05, 0.1) is 20.3 Å². The molecule has 4 heteroatoms. The molecule has 1 aliphatic rings. The lowest BCUT2D eigenvalue weighted by molar-refractivity contribution is -0.0382. The van der Waals surface area contributed by atoms with Crippen LogP contribution < -0.4 is 10.5 Å². The van der Waals surface area contributed by atoms with Gasteiger partial charge in [-0.1, -0.05) is 11.6 Å². The van der Waals surface area contributed by atoms with Crippen LogP contribution in [-0.2, 0) is 4.74 Å². The lowest BCUT2D eigenvalue weighted by atomic mass is 9.87. The second-order valence-electron chi connectivity index (χ2n) is 4.46. The molecule has 2 N–H and O–H groups in total. The zero-order valence-electron chi connectivity index (χ0n) is 9.99. The summed E-state index contributed by atoms with van der Waals surface area (Å²) >= 11 is 6.04. The third-order valence-electron chi connectivity index (χ3n) is 3.24. The number of hydrogen-bond donors (Lipinski definition) is 1. The van der Waals surface area contributed by atoms with Crippen molar-refractivity contribution < 1.29 is 9.47 Å². The monoisotopic (exact) mass is 255 g/mol. The Bertz CT molecular complexity index is 380. The van der Waals surface area contributed by atoms with E-state index in [4.69, 9.17) is 26.8 Å². The fourth-order valence-electron chi connectivity index (χ4n) is 2.20. The zero-order valence-corrected chi connectivity index (χ0v) is 10.7. The van der Waals surface area contributed by atoms with Gasteiger partial charge in [0.1, 0.15) is 5.75 Å². The van der Waals surface area contributed by atoms with E-state index in [1.807, 2.05) is 18.2 Å². The highest BCUT2D eigenvalue weighted by atomic mass is 35.5. The molecule has 94 valence electrons. The van der Waals surface area contributed by atoms with Crippen molar-refractivity contribution in [1.29, 1.82) is 0 Å². The van der Waals surface area contributed by atoms with Crippen molar-refractivity contribution in [1.82, 2.24) is 0 Å². The van der Waals surface area contributed by atoms with E-state index in [9.17, 15) is 0 Å². The number of halogens is 1. The molecule has 0 aliphatic carbocycles. The summed E-state index contributed by atoms with van der Waals surface area (Å²) in [6.07, 6.45) is 1.03. The Morgan fingerprint density at radius 3 is 2.82 bits per heavy atom. The molecule has 1 unspecified atom stereocenters. The number of nitrogens with two attached hydrogens (primary N) is 1. The summed E-state index contributed by atoms with van der Waals surface area (Å²) in [7, 11) is 1.67. The highest BCUT2D eigenvalue weighted by Gasteiger charge is 2.25. The highest BCUT2D eigenvalue weighted by molar-refractivity contribution is 6.30. The summed E-state index contributed by atoms with van der Waals surface area (Å²) in [6.45, 7) is 2.30. The number of rotatable bonds is 5. The van der Waals surface area contributed by atoms with Crippen molar-refractivity contribution in [2.45, 2.75) is 12.3 Å². The molecule has 1 aromatic carbocycles. The van der Waals surface area contributed by atoms with Crippen LogP contribution in [0.2, 0.25) is 5.02 Å². The summed E-state index contributed by atoms with van der Waals surface area (Å²) < 4.78 is 10.6. The van der Waals surface area contributed by atoms with Gasteiger partial charge in [0.2, 0.25) is 0 Å². The van der Waals surface area contributed by atoms with E-state index in [0.29, 0.717) is 12.5 Å². The molecule has 1 saturated heterocycles. The molecule has 1 aromatic rings. The van der Waals surface area contributed by atoms with Crippen LogP contribution in [0.25, 0.3) is 0 Å². The second-order valence-corrected chi connectivity index (χ2v) is 4.89. The molecule has 1 fully saturated rings. The van der Waals surface area contributed by atoms with Crippen LogP contribution in [0.1, 0.15) is 17.9 Å².